The maximum absolute atomic E-state index is 13.1. The second-order valence-electron chi connectivity index (χ2n) is 3.52. The van der Waals surface area contributed by atoms with Gasteiger partial charge in [0.2, 0.25) is 0 Å². The van der Waals surface area contributed by atoms with Crippen LogP contribution in [-0.4, -0.2) is 5.11 Å². The van der Waals surface area contributed by atoms with E-state index in [1.165, 1.54) is 12.1 Å². The Morgan fingerprint density at radius 2 is 1.69 bits per heavy atom. The SMILES string of the molecule is OC(c1ccccc1)c1cc(F)cc(Cl)c1. The van der Waals surface area contributed by atoms with Crippen LogP contribution < -0.4 is 0 Å². The van der Waals surface area contributed by atoms with Crippen molar-refractivity contribution < 1.29 is 9.50 Å². The van der Waals surface area contributed by atoms with E-state index in [1.807, 2.05) is 18.2 Å². The molecule has 0 aliphatic carbocycles. The topological polar surface area (TPSA) is 20.2 Å². The van der Waals surface area contributed by atoms with E-state index in [0.717, 1.165) is 0 Å². The molecule has 2 aromatic carbocycles. The van der Waals surface area contributed by atoms with Crippen molar-refractivity contribution in [3.05, 3.63) is 70.5 Å². The maximum Gasteiger partial charge on any atom is 0.125 e. The highest BCUT2D eigenvalue weighted by molar-refractivity contribution is 6.30. The van der Waals surface area contributed by atoms with Crippen LogP contribution in [0.25, 0.3) is 0 Å². The molecule has 1 atom stereocenters. The molecule has 0 heterocycles. The molecular formula is C13H10ClFO. The van der Waals surface area contributed by atoms with Gasteiger partial charge in [-0.25, -0.2) is 4.39 Å². The fourth-order valence-electron chi connectivity index (χ4n) is 1.56. The van der Waals surface area contributed by atoms with Gasteiger partial charge in [0.1, 0.15) is 11.9 Å². The van der Waals surface area contributed by atoms with Crippen LogP contribution in [0.4, 0.5) is 4.39 Å². The third-order valence-electron chi connectivity index (χ3n) is 2.32. The van der Waals surface area contributed by atoms with Gasteiger partial charge in [-0.05, 0) is 29.3 Å². The highest BCUT2D eigenvalue weighted by Crippen LogP contribution is 2.25. The van der Waals surface area contributed by atoms with Crippen LogP contribution in [0.15, 0.2) is 48.5 Å². The Balaban J connectivity index is 2.37. The molecule has 0 amide bonds. The normalized spacial score (nSPS) is 12.4. The Morgan fingerprint density at radius 3 is 2.31 bits per heavy atom. The summed E-state index contributed by atoms with van der Waals surface area (Å²) in [4.78, 5) is 0. The Hall–Kier alpha value is -1.38. The predicted octanol–water partition coefficient (Wildman–Crippen LogP) is 3.56. The van der Waals surface area contributed by atoms with E-state index >= 15 is 0 Å². The minimum absolute atomic E-state index is 0.282. The first-order valence-electron chi connectivity index (χ1n) is 4.86. The standard InChI is InChI=1S/C13H10ClFO/c14-11-6-10(7-12(15)8-11)13(16)9-4-2-1-3-5-9/h1-8,13,16H. The monoisotopic (exact) mass is 236 g/mol. The van der Waals surface area contributed by atoms with Crippen LogP contribution in [0, 0.1) is 5.82 Å². The van der Waals surface area contributed by atoms with Gasteiger partial charge in [-0.3, -0.25) is 0 Å². The molecule has 2 rings (SSSR count). The van der Waals surface area contributed by atoms with Gasteiger partial charge in [0, 0.05) is 5.02 Å². The first-order chi connectivity index (χ1) is 7.66. The summed E-state index contributed by atoms with van der Waals surface area (Å²) in [5, 5.41) is 10.3. The summed E-state index contributed by atoms with van der Waals surface area (Å²) < 4.78 is 13.1. The largest absolute Gasteiger partial charge is 0.384 e. The summed E-state index contributed by atoms with van der Waals surface area (Å²) in [6.45, 7) is 0. The third-order valence-corrected chi connectivity index (χ3v) is 2.53. The first kappa shape index (κ1) is 11.1. The first-order valence-corrected chi connectivity index (χ1v) is 5.23. The van der Waals surface area contributed by atoms with Gasteiger partial charge < -0.3 is 5.11 Å². The van der Waals surface area contributed by atoms with E-state index in [9.17, 15) is 9.50 Å². The van der Waals surface area contributed by atoms with Gasteiger partial charge >= 0.3 is 0 Å². The molecule has 0 spiro atoms. The molecule has 0 aliphatic heterocycles. The molecule has 3 heteroatoms. The summed E-state index contributed by atoms with van der Waals surface area (Å²) >= 11 is 5.73. The summed E-state index contributed by atoms with van der Waals surface area (Å²) in [5.74, 6) is -0.447. The van der Waals surface area contributed by atoms with Gasteiger partial charge in [-0.1, -0.05) is 41.9 Å². The Morgan fingerprint density at radius 1 is 1.00 bits per heavy atom. The summed E-state index contributed by atoms with van der Waals surface area (Å²) in [5.41, 5.74) is 1.17. The van der Waals surface area contributed by atoms with E-state index in [2.05, 4.69) is 0 Å². The third kappa shape index (κ3) is 2.40. The summed E-state index contributed by atoms with van der Waals surface area (Å²) in [6.07, 6.45) is -0.852. The molecule has 1 N–H and O–H groups in total. The van der Waals surface area contributed by atoms with Crippen LogP contribution in [0.3, 0.4) is 0 Å². The lowest BCUT2D eigenvalue weighted by molar-refractivity contribution is 0.220. The number of aliphatic hydroxyl groups excluding tert-OH is 1. The second-order valence-corrected chi connectivity index (χ2v) is 3.95. The minimum atomic E-state index is -0.852. The Labute approximate surface area is 98.1 Å². The number of hydrogen-bond donors (Lipinski definition) is 1. The van der Waals surface area contributed by atoms with Crippen molar-refractivity contribution in [2.24, 2.45) is 0 Å². The van der Waals surface area contributed by atoms with E-state index in [1.54, 1.807) is 18.2 Å². The number of aliphatic hydroxyl groups is 1. The van der Waals surface area contributed by atoms with Gasteiger partial charge in [0.05, 0.1) is 0 Å². The molecule has 1 unspecified atom stereocenters. The highest BCUT2D eigenvalue weighted by Gasteiger charge is 2.11. The Bertz CT molecular complexity index is 464. The van der Waals surface area contributed by atoms with E-state index in [0.29, 0.717) is 11.1 Å². The van der Waals surface area contributed by atoms with Crippen molar-refractivity contribution in [1.82, 2.24) is 0 Å². The zero-order valence-corrected chi connectivity index (χ0v) is 9.16. The lowest BCUT2D eigenvalue weighted by Gasteiger charge is -2.11. The quantitative estimate of drug-likeness (QED) is 0.845. The lowest BCUT2D eigenvalue weighted by Crippen LogP contribution is -1.99. The van der Waals surface area contributed by atoms with Crippen LogP contribution in [0.2, 0.25) is 5.02 Å². The molecule has 1 nitrogen and oxygen atoms in total. The molecule has 16 heavy (non-hydrogen) atoms. The zero-order chi connectivity index (χ0) is 11.5. The fraction of sp³-hybridized carbons (Fsp3) is 0.0769. The summed E-state index contributed by atoms with van der Waals surface area (Å²) in [6, 6.07) is 13.1. The molecule has 0 saturated carbocycles. The predicted molar refractivity (Wildman–Crippen MR) is 61.9 cm³/mol. The molecule has 0 saturated heterocycles. The number of rotatable bonds is 2. The zero-order valence-electron chi connectivity index (χ0n) is 8.40. The lowest BCUT2D eigenvalue weighted by atomic mass is 10.0. The van der Waals surface area contributed by atoms with E-state index in [4.69, 9.17) is 11.6 Å². The smallest absolute Gasteiger partial charge is 0.125 e. The van der Waals surface area contributed by atoms with Crippen molar-refractivity contribution in [2.75, 3.05) is 0 Å². The van der Waals surface area contributed by atoms with Gasteiger partial charge in [-0.2, -0.15) is 0 Å². The van der Waals surface area contributed by atoms with Gasteiger partial charge in [-0.15, -0.1) is 0 Å². The average molecular weight is 237 g/mol. The number of hydrogen-bond acceptors (Lipinski definition) is 1. The molecule has 0 radical (unpaired) electrons. The average Bonchev–Trinajstić information content (AvgIpc) is 2.28. The van der Waals surface area contributed by atoms with Gasteiger partial charge in [0.25, 0.3) is 0 Å². The van der Waals surface area contributed by atoms with Crippen molar-refractivity contribution >= 4 is 11.6 Å². The van der Waals surface area contributed by atoms with E-state index in [-0.39, 0.29) is 5.02 Å². The van der Waals surface area contributed by atoms with E-state index < -0.39 is 11.9 Å². The minimum Gasteiger partial charge on any atom is -0.384 e. The fourth-order valence-corrected chi connectivity index (χ4v) is 1.79. The molecule has 0 bridgehead atoms. The maximum atomic E-state index is 13.1. The highest BCUT2D eigenvalue weighted by atomic mass is 35.5. The van der Waals surface area contributed by atoms with Crippen LogP contribution in [0.5, 0.6) is 0 Å². The van der Waals surface area contributed by atoms with Crippen molar-refractivity contribution in [2.45, 2.75) is 6.10 Å². The van der Waals surface area contributed by atoms with Crippen LogP contribution in [-0.2, 0) is 0 Å². The summed E-state index contributed by atoms with van der Waals surface area (Å²) in [7, 11) is 0. The van der Waals surface area contributed by atoms with Crippen molar-refractivity contribution in [3.8, 4) is 0 Å². The second kappa shape index (κ2) is 4.64. The van der Waals surface area contributed by atoms with Crippen LogP contribution in [0.1, 0.15) is 17.2 Å². The Kier molecular flexibility index (Phi) is 3.22. The molecular weight excluding hydrogens is 227 g/mol. The molecule has 0 fully saturated rings. The molecule has 0 aliphatic rings. The number of halogens is 2. The molecule has 82 valence electrons. The van der Waals surface area contributed by atoms with Crippen molar-refractivity contribution in [3.63, 3.8) is 0 Å². The van der Waals surface area contributed by atoms with Gasteiger partial charge in [0.15, 0.2) is 0 Å². The number of benzene rings is 2. The molecule has 0 aromatic heterocycles. The van der Waals surface area contributed by atoms with Crippen molar-refractivity contribution in [1.29, 1.82) is 0 Å². The van der Waals surface area contributed by atoms with Crippen LogP contribution >= 0.6 is 11.6 Å². The molecule has 2 aromatic rings.